The monoisotopic (exact) mass is 358 g/mol. The molecular weight excluding hydrogens is 344 g/mol. The molecule has 0 aliphatic rings. The number of fused-ring (bicyclic) bond motifs is 3. The van der Waals surface area contributed by atoms with Gasteiger partial charge in [-0.25, -0.2) is 0 Å². The van der Waals surface area contributed by atoms with Crippen LogP contribution in [0.15, 0.2) is 76.2 Å². The molecular formula is C20H14N4OS. The minimum Gasteiger partial charge on any atom is -0.272 e. The quantitative estimate of drug-likeness (QED) is 0.493. The summed E-state index contributed by atoms with van der Waals surface area (Å²) in [5.74, 6) is 1.30. The van der Waals surface area contributed by atoms with Crippen LogP contribution in [0.2, 0.25) is 0 Å². The van der Waals surface area contributed by atoms with E-state index in [4.69, 9.17) is 0 Å². The van der Waals surface area contributed by atoms with Gasteiger partial charge < -0.3 is 0 Å². The third kappa shape index (κ3) is 2.27. The van der Waals surface area contributed by atoms with E-state index >= 15 is 0 Å². The zero-order chi connectivity index (χ0) is 17.5. The molecule has 6 heteroatoms. The van der Waals surface area contributed by atoms with Gasteiger partial charge in [0.2, 0.25) is 5.78 Å². The normalized spacial score (nSPS) is 11.4. The average molecular weight is 358 g/mol. The van der Waals surface area contributed by atoms with Gasteiger partial charge in [0.15, 0.2) is 5.82 Å². The van der Waals surface area contributed by atoms with Crippen molar-refractivity contribution in [3.63, 3.8) is 0 Å². The van der Waals surface area contributed by atoms with Gasteiger partial charge in [-0.1, -0.05) is 42.5 Å². The molecule has 5 aromatic rings. The van der Waals surface area contributed by atoms with E-state index in [2.05, 4.69) is 10.2 Å². The van der Waals surface area contributed by atoms with Crippen molar-refractivity contribution in [2.75, 3.05) is 0 Å². The minimum absolute atomic E-state index is 0.0544. The Labute approximate surface area is 152 Å². The van der Waals surface area contributed by atoms with Crippen LogP contribution in [0.3, 0.4) is 0 Å². The second-order valence-corrected chi connectivity index (χ2v) is 6.85. The molecule has 0 atom stereocenters. The molecule has 0 bridgehead atoms. The van der Waals surface area contributed by atoms with Crippen molar-refractivity contribution in [1.29, 1.82) is 0 Å². The molecule has 5 rings (SSSR count). The number of para-hydroxylation sites is 1. The van der Waals surface area contributed by atoms with Crippen LogP contribution < -0.4 is 5.56 Å². The molecule has 126 valence electrons. The molecule has 0 unspecified atom stereocenters. The van der Waals surface area contributed by atoms with Crippen molar-refractivity contribution < 1.29 is 0 Å². The molecule has 0 aliphatic heterocycles. The van der Waals surface area contributed by atoms with E-state index in [0.29, 0.717) is 17.7 Å². The fourth-order valence-corrected chi connectivity index (χ4v) is 3.88. The highest BCUT2D eigenvalue weighted by Crippen LogP contribution is 2.24. The summed E-state index contributed by atoms with van der Waals surface area (Å²) in [6, 6.07) is 19.6. The topological polar surface area (TPSA) is 52.2 Å². The van der Waals surface area contributed by atoms with Crippen LogP contribution in [0.5, 0.6) is 0 Å². The first-order valence-electron chi connectivity index (χ1n) is 8.26. The van der Waals surface area contributed by atoms with Gasteiger partial charge in [-0.05, 0) is 29.1 Å². The maximum Gasteiger partial charge on any atom is 0.263 e. The third-order valence-electron chi connectivity index (χ3n) is 4.47. The Morgan fingerprint density at radius 2 is 1.73 bits per heavy atom. The van der Waals surface area contributed by atoms with Gasteiger partial charge in [0.25, 0.3) is 5.56 Å². The average Bonchev–Trinajstić information content (AvgIpc) is 3.35. The van der Waals surface area contributed by atoms with Gasteiger partial charge in [0.1, 0.15) is 0 Å². The lowest BCUT2D eigenvalue weighted by atomic mass is 10.2. The molecule has 26 heavy (non-hydrogen) atoms. The lowest BCUT2D eigenvalue weighted by Crippen LogP contribution is -2.24. The lowest BCUT2D eigenvalue weighted by molar-refractivity contribution is 0.767. The smallest absolute Gasteiger partial charge is 0.263 e. The second-order valence-electron chi connectivity index (χ2n) is 6.07. The van der Waals surface area contributed by atoms with Crippen molar-refractivity contribution >= 4 is 28.0 Å². The first-order valence-corrected chi connectivity index (χ1v) is 9.20. The van der Waals surface area contributed by atoms with Crippen molar-refractivity contribution in [2.45, 2.75) is 6.54 Å². The zero-order valence-corrected chi connectivity index (χ0v) is 14.6. The largest absolute Gasteiger partial charge is 0.272 e. The summed E-state index contributed by atoms with van der Waals surface area (Å²) in [5.41, 5.74) is 2.81. The predicted octanol–water partition coefficient (Wildman–Crippen LogP) is 3.82. The number of rotatable bonds is 3. The number of hydrogen-bond acceptors (Lipinski definition) is 4. The van der Waals surface area contributed by atoms with Crippen molar-refractivity contribution in [2.24, 2.45) is 0 Å². The maximum atomic E-state index is 13.1. The van der Waals surface area contributed by atoms with Crippen LogP contribution in [0, 0.1) is 0 Å². The summed E-state index contributed by atoms with van der Waals surface area (Å²) in [5, 5.41) is 13.5. The molecule has 3 heterocycles. The van der Waals surface area contributed by atoms with Crippen molar-refractivity contribution in [3.8, 4) is 11.4 Å². The van der Waals surface area contributed by atoms with Crippen molar-refractivity contribution in [3.05, 3.63) is 87.3 Å². The van der Waals surface area contributed by atoms with Crippen LogP contribution in [0.25, 0.3) is 28.1 Å². The zero-order valence-electron chi connectivity index (χ0n) is 13.7. The summed E-state index contributed by atoms with van der Waals surface area (Å²) >= 11 is 1.61. The highest BCUT2D eigenvalue weighted by molar-refractivity contribution is 7.08. The Kier molecular flexibility index (Phi) is 3.43. The van der Waals surface area contributed by atoms with Gasteiger partial charge in [-0.15, -0.1) is 10.2 Å². The molecule has 5 nitrogen and oxygen atoms in total. The van der Waals surface area contributed by atoms with Crippen LogP contribution >= 0.6 is 11.3 Å². The molecule has 0 N–H and O–H groups in total. The molecule has 0 spiro atoms. The SMILES string of the molecule is O=c1c2ccccc2n2c(-c3ccsc3)nnc2n1Cc1ccccc1. The van der Waals surface area contributed by atoms with Crippen LogP contribution in [-0.4, -0.2) is 19.2 Å². The number of thiophene rings is 1. The molecule has 0 saturated carbocycles. The minimum atomic E-state index is -0.0544. The van der Waals surface area contributed by atoms with E-state index in [1.807, 2.05) is 75.8 Å². The van der Waals surface area contributed by atoms with E-state index in [-0.39, 0.29) is 5.56 Å². The van der Waals surface area contributed by atoms with Crippen LogP contribution in [0.4, 0.5) is 0 Å². The van der Waals surface area contributed by atoms with Crippen LogP contribution in [0.1, 0.15) is 5.56 Å². The van der Waals surface area contributed by atoms with Gasteiger partial charge in [0.05, 0.1) is 17.4 Å². The Balaban J connectivity index is 1.87. The summed E-state index contributed by atoms with van der Waals surface area (Å²) in [7, 11) is 0. The van der Waals surface area contributed by atoms with Crippen LogP contribution in [-0.2, 0) is 6.54 Å². The Hall–Kier alpha value is -3.25. The number of hydrogen-bond donors (Lipinski definition) is 0. The Morgan fingerprint density at radius 3 is 2.54 bits per heavy atom. The summed E-state index contributed by atoms with van der Waals surface area (Å²) in [4.78, 5) is 13.1. The Bertz CT molecular complexity index is 1270. The van der Waals surface area contributed by atoms with Gasteiger partial charge in [-0.2, -0.15) is 11.3 Å². The molecule has 0 saturated heterocycles. The Morgan fingerprint density at radius 1 is 0.923 bits per heavy atom. The number of aromatic nitrogens is 4. The molecule has 0 aliphatic carbocycles. The number of nitrogens with zero attached hydrogens (tertiary/aromatic N) is 4. The standard InChI is InChI=1S/C20H14N4OS/c25-19-16-8-4-5-9-17(16)24-18(15-10-11-26-13-15)21-22-20(24)23(19)12-14-6-2-1-3-7-14/h1-11,13H,12H2. The summed E-state index contributed by atoms with van der Waals surface area (Å²) in [6.07, 6.45) is 0. The van der Waals surface area contributed by atoms with E-state index in [9.17, 15) is 4.79 Å². The first-order chi connectivity index (χ1) is 12.8. The third-order valence-corrected chi connectivity index (χ3v) is 5.15. The van der Waals surface area contributed by atoms with E-state index < -0.39 is 0 Å². The molecule has 2 aromatic carbocycles. The van der Waals surface area contributed by atoms with E-state index in [1.54, 1.807) is 15.9 Å². The summed E-state index contributed by atoms with van der Waals surface area (Å²) in [6.45, 7) is 0.454. The first kappa shape index (κ1) is 15.0. The fraction of sp³-hybridized carbons (Fsp3) is 0.0500. The molecule has 0 amide bonds. The molecule has 0 radical (unpaired) electrons. The number of benzene rings is 2. The van der Waals surface area contributed by atoms with Gasteiger partial charge in [0, 0.05) is 10.9 Å². The lowest BCUT2D eigenvalue weighted by Gasteiger charge is -2.11. The highest BCUT2D eigenvalue weighted by Gasteiger charge is 2.17. The fourth-order valence-electron chi connectivity index (χ4n) is 3.25. The van der Waals surface area contributed by atoms with E-state index in [1.165, 1.54) is 0 Å². The van der Waals surface area contributed by atoms with E-state index in [0.717, 1.165) is 22.5 Å². The maximum absolute atomic E-state index is 13.1. The second kappa shape index (κ2) is 5.93. The predicted molar refractivity (Wildman–Crippen MR) is 104 cm³/mol. The molecule has 3 aromatic heterocycles. The van der Waals surface area contributed by atoms with Gasteiger partial charge in [-0.3, -0.25) is 13.8 Å². The highest BCUT2D eigenvalue weighted by atomic mass is 32.1. The van der Waals surface area contributed by atoms with Crippen molar-refractivity contribution in [1.82, 2.24) is 19.2 Å². The summed E-state index contributed by atoms with van der Waals surface area (Å²) < 4.78 is 3.67. The van der Waals surface area contributed by atoms with Gasteiger partial charge >= 0.3 is 0 Å². The molecule has 0 fully saturated rings.